The first-order valence-electron chi connectivity index (χ1n) is 10.2. The van der Waals surface area contributed by atoms with Gasteiger partial charge >= 0.3 is 0 Å². The molecule has 0 saturated heterocycles. The molecule has 166 valence electrons. The number of thioether (sulfide) groups is 1. The average molecular weight is 493 g/mol. The molecule has 7 heteroatoms. The Balaban J connectivity index is 1.51. The van der Waals surface area contributed by atoms with E-state index in [0.717, 1.165) is 16.0 Å². The van der Waals surface area contributed by atoms with Crippen molar-refractivity contribution in [3.05, 3.63) is 111 Å². The Hall–Kier alpha value is -3.06. The molecule has 2 N–H and O–H groups in total. The molecule has 4 aromatic rings. The highest BCUT2D eigenvalue weighted by molar-refractivity contribution is 8.00. The predicted octanol–water partition coefficient (Wildman–Crippen LogP) is 7.43. The molecular weight excluding hydrogens is 472 g/mol. The first kappa shape index (κ1) is 23.1. The van der Waals surface area contributed by atoms with Gasteiger partial charge in [0.1, 0.15) is 5.25 Å². The van der Waals surface area contributed by atoms with Crippen molar-refractivity contribution in [3.8, 4) is 0 Å². The van der Waals surface area contributed by atoms with Crippen molar-refractivity contribution in [2.75, 3.05) is 10.6 Å². The Kier molecular flexibility index (Phi) is 7.50. The van der Waals surface area contributed by atoms with Crippen LogP contribution in [0.3, 0.4) is 0 Å². The maximum atomic E-state index is 13.3. The zero-order valence-corrected chi connectivity index (χ0v) is 20.1. The highest BCUT2D eigenvalue weighted by atomic mass is 35.5. The Labute approximate surface area is 206 Å². The number of nitrogens with one attached hydrogen (secondary N) is 2. The van der Waals surface area contributed by atoms with Gasteiger partial charge in [0.15, 0.2) is 0 Å². The molecule has 2 amide bonds. The summed E-state index contributed by atoms with van der Waals surface area (Å²) in [6.45, 7) is 1.93. The first-order chi connectivity index (χ1) is 16.0. The zero-order valence-electron chi connectivity index (χ0n) is 17.7. The molecule has 3 aromatic carbocycles. The zero-order chi connectivity index (χ0) is 23.2. The third-order valence-electron chi connectivity index (χ3n) is 4.91. The molecule has 0 aliphatic rings. The molecule has 4 rings (SSSR count). The Morgan fingerprint density at radius 3 is 2.36 bits per heavy atom. The molecule has 1 unspecified atom stereocenters. The van der Waals surface area contributed by atoms with E-state index in [2.05, 4.69) is 10.6 Å². The smallest absolute Gasteiger partial charge is 0.265 e. The van der Waals surface area contributed by atoms with E-state index in [4.69, 9.17) is 11.6 Å². The van der Waals surface area contributed by atoms with Crippen molar-refractivity contribution in [3.63, 3.8) is 0 Å². The Morgan fingerprint density at radius 1 is 0.909 bits per heavy atom. The van der Waals surface area contributed by atoms with Gasteiger partial charge in [-0.3, -0.25) is 9.59 Å². The molecular formula is C26H21ClN2O2S2. The second-order valence-corrected chi connectivity index (χ2v) is 9.88. The fraction of sp³-hybridized carbons (Fsp3) is 0.0769. The van der Waals surface area contributed by atoms with E-state index in [1.54, 1.807) is 18.2 Å². The van der Waals surface area contributed by atoms with Crippen LogP contribution in [0.2, 0.25) is 5.02 Å². The minimum Gasteiger partial charge on any atom is -0.325 e. The molecule has 4 nitrogen and oxygen atoms in total. The number of hydrogen-bond donors (Lipinski definition) is 2. The van der Waals surface area contributed by atoms with Crippen LogP contribution in [-0.4, -0.2) is 11.8 Å². The summed E-state index contributed by atoms with van der Waals surface area (Å²) in [5.41, 5.74) is 3.24. The molecule has 0 fully saturated rings. The molecule has 0 aliphatic carbocycles. The van der Waals surface area contributed by atoms with Crippen LogP contribution in [0, 0.1) is 6.92 Å². The lowest BCUT2D eigenvalue weighted by molar-refractivity contribution is -0.115. The van der Waals surface area contributed by atoms with E-state index in [1.165, 1.54) is 23.1 Å². The molecule has 1 aromatic heterocycles. The first-order valence-corrected chi connectivity index (χ1v) is 12.4. The van der Waals surface area contributed by atoms with E-state index >= 15 is 0 Å². The van der Waals surface area contributed by atoms with Crippen molar-refractivity contribution in [2.45, 2.75) is 17.1 Å². The van der Waals surface area contributed by atoms with Gasteiger partial charge in [-0.25, -0.2) is 0 Å². The number of benzene rings is 3. The molecule has 1 atom stereocenters. The molecule has 0 saturated carbocycles. The fourth-order valence-corrected chi connectivity index (χ4v) is 5.00. The van der Waals surface area contributed by atoms with Gasteiger partial charge in [-0.1, -0.05) is 54.1 Å². The van der Waals surface area contributed by atoms with Crippen LogP contribution in [0.25, 0.3) is 0 Å². The molecule has 0 aliphatic heterocycles. The van der Waals surface area contributed by atoms with Crippen LogP contribution in [-0.2, 0) is 4.79 Å². The third-order valence-corrected chi connectivity index (χ3v) is 7.28. The lowest BCUT2D eigenvalue weighted by Crippen LogP contribution is -2.19. The number of anilines is 2. The largest absolute Gasteiger partial charge is 0.325 e. The lowest BCUT2D eigenvalue weighted by atomic mass is 10.1. The normalized spacial score (nSPS) is 11.6. The number of halogens is 1. The van der Waals surface area contributed by atoms with Gasteiger partial charge in [0.25, 0.3) is 5.91 Å². The van der Waals surface area contributed by atoms with Crippen LogP contribution < -0.4 is 10.6 Å². The highest BCUT2D eigenvalue weighted by Crippen LogP contribution is 2.37. The van der Waals surface area contributed by atoms with E-state index < -0.39 is 5.25 Å². The number of carbonyl (C=O) groups excluding carboxylic acids is 2. The van der Waals surface area contributed by atoms with Gasteiger partial charge in [-0.05, 0) is 65.9 Å². The van der Waals surface area contributed by atoms with E-state index in [-0.39, 0.29) is 11.8 Å². The summed E-state index contributed by atoms with van der Waals surface area (Å²) >= 11 is 8.97. The van der Waals surface area contributed by atoms with Gasteiger partial charge in [0, 0.05) is 21.3 Å². The Morgan fingerprint density at radius 2 is 1.67 bits per heavy atom. The van der Waals surface area contributed by atoms with Gasteiger partial charge < -0.3 is 10.6 Å². The number of hydrogen-bond acceptors (Lipinski definition) is 4. The third kappa shape index (κ3) is 6.05. The van der Waals surface area contributed by atoms with E-state index in [1.807, 2.05) is 79.0 Å². The topological polar surface area (TPSA) is 58.2 Å². The SMILES string of the molecule is Cc1ccc(Cl)cc1NC(=O)C(Sc1ccc(NC(=O)c2cccs2)cc1)c1ccccc1. The van der Waals surface area contributed by atoms with Gasteiger partial charge in [-0.15, -0.1) is 23.1 Å². The molecule has 1 heterocycles. The van der Waals surface area contributed by atoms with Crippen molar-refractivity contribution < 1.29 is 9.59 Å². The van der Waals surface area contributed by atoms with Crippen LogP contribution >= 0.6 is 34.7 Å². The van der Waals surface area contributed by atoms with E-state index in [0.29, 0.717) is 21.3 Å². The van der Waals surface area contributed by atoms with Crippen LogP contribution in [0.5, 0.6) is 0 Å². The molecule has 33 heavy (non-hydrogen) atoms. The number of rotatable bonds is 7. The summed E-state index contributed by atoms with van der Waals surface area (Å²) in [4.78, 5) is 27.1. The second-order valence-electron chi connectivity index (χ2n) is 7.31. The van der Waals surface area contributed by atoms with Crippen LogP contribution in [0.15, 0.2) is 95.2 Å². The minimum absolute atomic E-state index is 0.133. The molecule has 0 spiro atoms. The summed E-state index contributed by atoms with van der Waals surface area (Å²) in [5, 5.41) is 7.89. The predicted molar refractivity (Wildman–Crippen MR) is 139 cm³/mol. The maximum absolute atomic E-state index is 13.3. The van der Waals surface area contributed by atoms with Crippen molar-refractivity contribution in [2.24, 2.45) is 0 Å². The van der Waals surface area contributed by atoms with Crippen LogP contribution in [0.1, 0.15) is 26.0 Å². The summed E-state index contributed by atoms with van der Waals surface area (Å²) < 4.78 is 0. The minimum atomic E-state index is -0.462. The van der Waals surface area contributed by atoms with Crippen molar-refractivity contribution in [1.82, 2.24) is 0 Å². The van der Waals surface area contributed by atoms with Crippen LogP contribution in [0.4, 0.5) is 11.4 Å². The quantitative estimate of drug-likeness (QED) is 0.264. The summed E-state index contributed by atoms with van der Waals surface area (Å²) in [6.07, 6.45) is 0. The second kappa shape index (κ2) is 10.7. The number of thiophene rings is 1. The van der Waals surface area contributed by atoms with E-state index in [9.17, 15) is 9.59 Å². The summed E-state index contributed by atoms with van der Waals surface area (Å²) in [6, 6.07) is 26.2. The number of amides is 2. The number of aryl methyl sites for hydroxylation is 1. The van der Waals surface area contributed by atoms with Gasteiger partial charge in [0.2, 0.25) is 5.91 Å². The monoisotopic (exact) mass is 492 g/mol. The number of carbonyl (C=O) groups is 2. The maximum Gasteiger partial charge on any atom is 0.265 e. The average Bonchev–Trinajstić information content (AvgIpc) is 3.37. The summed E-state index contributed by atoms with van der Waals surface area (Å²) in [5.74, 6) is -0.268. The molecule has 0 bridgehead atoms. The summed E-state index contributed by atoms with van der Waals surface area (Å²) in [7, 11) is 0. The fourth-order valence-electron chi connectivity index (χ4n) is 3.18. The van der Waals surface area contributed by atoms with Crippen molar-refractivity contribution in [1.29, 1.82) is 0 Å². The van der Waals surface area contributed by atoms with Gasteiger partial charge in [-0.2, -0.15) is 0 Å². The van der Waals surface area contributed by atoms with Gasteiger partial charge in [0.05, 0.1) is 4.88 Å². The molecule has 0 radical (unpaired) electrons. The lowest BCUT2D eigenvalue weighted by Gasteiger charge is -2.18. The highest BCUT2D eigenvalue weighted by Gasteiger charge is 2.23. The van der Waals surface area contributed by atoms with Crippen molar-refractivity contribution >= 4 is 57.9 Å². The Bertz CT molecular complexity index is 1240. The standard InChI is InChI=1S/C26H21ClN2O2S2/c1-17-9-10-19(27)16-22(17)29-26(31)24(18-6-3-2-4-7-18)33-21-13-11-20(12-14-21)28-25(30)23-8-5-15-32-23/h2-16,24H,1H3,(H,28,30)(H,29,31).